The number of fused-ring (bicyclic) bond motifs is 2. The monoisotopic (exact) mass is 649 g/mol. The molecule has 3 aromatic carbocycles. The normalized spacial score (nSPS) is 21.2. The predicted octanol–water partition coefficient (Wildman–Crippen LogP) is 5.35. The summed E-state index contributed by atoms with van der Waals surface area (Å²) in [7, 11) is 1.91. The fourth-order valence-electron chi connectivity index (χ4n) is 7.15. The molecule has 0 spiro atoms. The second-order valence-electron chi connectivity index (χ2n) is 12.9. The average molecular weight is 650 g/mol. The fraction of sp³-hybridized carbons (Fsp3) is 0.405. The number of anilines is 2. The van der Waals surface area contributed by atoms with Crippen molar-refractivity contribution in [2.45, 2.75) is 50.7 Å². The molecule has 0 unspecified atom stereocenters. The molecule has 0 bridgehead atoms. The van der Waals surface area contributed by atoms with E-state index < -0.39 is 12.3 Å². The fourth-order valence-corrected chi connectivity index (χ4v) is 7.15. The Morgan fingerprint density at radius 1 is 0.958 bits per heavy atom. The van der Waals surface area contributed by atoms with Crippen molar-refractivity contribution in [1.82, 2.24) is 19.8 Å². The molecule has 248 valence electrons. The van der Waals surface area contributed by atoms with E-state index >= 15 is 0 Å². The highest BCUT2D eigenvalue weighted by Crippen LogP contribution is 2.35. The minimum Gasteiger partial charge on any atom is -0.462 e. The van der Waals surface area contributed by atoms with Crippen LogP contribution in [0.25, 0.3) is 10.8 Å². The number of nitriles is 1. The number of alkyl halides is 1. The molecule has 3 aliphatic heterocycles. The quantitative estimate of drug-likeness (QED) is 0.250. The number of benzene rings is 3. The van der Waals surface area contributed by atoms with E-state index in [4.69, 9.17) is 19.4 Å². The first-order valence-corrected chi connectivity index (χ1v) is 16.7. The highest BCUT2D eigenvalue weighted by atomic mass is 19.1. The Bertz CT molecular complexity index is 1800. The summed E-state index contributed by atoms with van der Waals surface area (Å²) in [5.41, 5.74) is 4.00. The van der Waals surface area contributed by atoms with Gasteiger partial charge in [0.15, 0.2) is 0 Å². The summed E-state index contributed by atoms with van der Waals surface area (Å²) in [4.78, 5) is 31.2. The number of likely N-dealkylation sites (N-methyl/N-ethyl adjacent to an activating group) is 1. The highest BCUT2D eigenvalue weighted by molar-refractivity contribution is 5.94. The summed E-state index contributed by atoms with van der Waals surface area (Å²) in [6, 6.07) is 26.4. The second kappa shape index (κ2) is 14.0. The number of hydrogen-bond donors (Lipinski definition) is 0. The van der Waals surface area contributed by atoms with Crippen LogP contribution in [0.15, 0.2) is 72.8 Å². The molecule has 2 fully saturated rings. The third kappa shape index (κ3) is 6.71. The Morgan fingerprint density at radius 2 is 1.77 bits per heavy atom. The van der Waals surface area contributed by atoms with Crippen molar-refractivity contribution < 1.29 is 18.7 Å². The van der Waals surface area contributed by atoms with Crippen molar-refractivity contribution in [1.29, 1.82) is 5.26 Å². The van der Waals surface area contributed by atoms with Gasteiger partial charge in [0.2, 0.25) is 0 Å². The highest BCUT2D eigenvalue weighted by Gasteiger charge is 2.35. The van der Waals surface area contributed by atoms with E-state index in [9.17, 15) is 14.4 Å². The zero-order valence-corrected chi connectivity index (χ0v) is 27.2. The van der Waals surface area contributed by atoms with Gasteiger partial charge in [0.25, 0.3) is 0 Å². The molecular weight excluding hydrogens is 609 g/mol. The van der Waals surface area contributed by atoms with Crippen molar-refractivity contribution in [2.24, 2.45) is 0 Å². The van der Waals surface area contributed by atoms with E-state index in [0.717, 1.165) is 41.3 Å². The van der Waals surface area contributed by atoms with Gasteiger partial charge in [0, 0.05) is 55.4 Å². The molecular formula is C37H40FN7O3. The number of halogens is 1. The first-order valence-electron chi connectivity index (χ1n) is 16.7. The molecule has 11 heteroatoms. The van der Waals surface area contributed by atoms with E-state index in [1.807, 2.05) is 42.3 Å². The van der Waals surface area contributed by atoms with Gasteiger partial charge in [0.05, 0.1) is 30.8 Å². The SMILES string of the molecule is CN1C[C@H](F)C[C@H]1COc1nc2c(c(N3CCN(C(=O)OCc4ccccc4)[C@@H](CC#N)C3)n1)CCN(c1cccc3ccccc13)C2. The number of carbonyl (C=O) groups is 1. The van der Waals surface area contributed by atoms with Crippen molar-refractivity contribution >= 4 is 28.4 Å². The summed E-state index contributed by atoms with van der Waals surface area (Å²) in [6.07, 6.45) is 0.0173. The van der Waals surface area contributed by atoms with Crippen LogP contribution in [-0.4, -0.2) is 90.5 Å². The first-order chi connectivity index (χ1) is 23.5. The van der Waals surface area contributed by atoms with Gasteiger partial charge in [-0.3, -0.25) is 4.90 Å². The molecule has 3 aliphatic rings. The van der Waals surface area contributed by atoms with Crippen LogP contribution in [0.3, 0.4) is 0 Å². The van der Waals surface area contributed by atoms with Crippen molar-refractivity contribution in [3.8, 4) is 12.1 Å². The Balaban J connectivity index is 1.15. The number of rotatable bonds is 8. The van der Waals surface area contributed by atoms with E-state index in [0.29, 0.717) is 45.8 Å². The van der Waals surface area contributed by atoms with Crippen molar-refractivity contribution in [3.63, 3.8) is 0 Å². The average Bonchev–Trinajstić information content (AvgIpc) is 3.45. The molecule has 2 saturated heterocycles. The Morgan fingerprint density at radius 3 is 2.58 bits per heavy atom. The molecule has 0 N–H and O–H groups in total. The number of amides is 1. The van der Waals surface area contributed by atoms with Gasteiger partial charge in [-0.15, -0.1) is 0 Å². The molecule has 1 amide bonds. The largest absolute Gasteiger partial charge is 0.462 e. The van der Waals surface area contributed by atoms with Crippen LogP contribution in [0, 0.1) is 11.3 Å². The lowest BCUT2D eigenvalue weighted by Crippen LogP contribution is -2.55. The summed E-state index contributed by atoms with van der Waals surface area (Å²) in [5.74, 6) is 0.774. The molecule has 3 atom stereocenters. The van der Waals surface area contributed by atoms with Gasteiger partial charge in [-0.05, 0) is 36.9 Å². The van der Waals surface area contributed by atoms with Crippen LogP contribution in [0.2, 0.25) is 0 Å². The summed E-state index contributed by atoms with van der Waals surface area (Å²) in [6.45, 7) is 3.57. The topological polar surface area (TPSA) is 98.1 Å². The molecule has 0 saturated carbocycles. The maximum atomic E-state index is 14.1. The minimum atomic E-state index is -0.870. The third-order valence-corrected chi connectivity index (χ3v) is 9.72. The van der Waals surface area contributed by atoms with Crippen LogP contribution < -0.4 is 14.5 Å². The van der Waals surface area contributed by atoms with E-state index in [2.05, 4.69) is 58.3 Å². The minimum absolute atomic E-state index is 0.0549. The predicted molar refractivity (Wildman–Crippen MR) is 182 cm³/mol. The lowest BCUT2D eigenvalue weighted by atomic mass is 10.0. The number of hydrogen-bond acceptors (Lipinski definition) is 9. The third-order valence-electron chi connectivity index (χ3n) is 9.72. The Hall–Kier alpha value is -4.95. The van der Waals surface area contributed by atoms with Crippen molar-refractivity contribution in [2.75, 3.05) is 56.2 Å². The summed E-state index contributed by atoms with van der Waals surface area (Å²) in [5, 5.41) is 12.1. The first kappa shape index (κ1) is 31.6. The molecule has 0 radical (unpaired) electrons. The maximum absolute atomic E-state index is 14.1. The lowest BCUT2D eigenvalue weighted by molar-refractivity contribution is 0.0767. The maximum Gasteiger partial charge on any atom is 0.410 e. The molecule has 0 aliphatic carbocycles. The standard InChI is InChI=1S/C37H40FN7O3/c1-42-21-28(38)20-30(42)25-47-36-40-33-23-43(34-13-7-11-27-10-5-6-12-31(27)34)17-15-32(33)35(41-36)44-18-19-45(29(22-44)14-16-39)37(46)48-24-26-8-3-2-4-9-26/h2-13,28-30H,14-15,17-25H2,1H3/t28-,29+,30+/m1/s1. The van der Waals surface area contributed by atoms with E-state index in [1.54, 1.807) is 4.90 Å². The number of piperazine rings is 1. The molecule has 4 heterocycles. The van der Waals surface area contributed by atoms with Gasteiger partial charge < -0.3 is 24.2 Å². The van der Waals surface area contributed by atoms with Gasteiger partial charge in [-0.25, -0.2) is 9.18 Å². The Kier molecular flexibility index (Phi) is 9.25. The van der Waals surface area contributed by atoms with Crippen molar-refractivity contribution in [3.05, 3.63) is 89.6 Å². The smallest absolute Gasteiger partial charge is 0.410 e. The van der Waals surface area contributed by atoms with Crippen LogP contribution in [0.5, 0.6) is 6.01 Å². The molecule has 4 aromatic rings. The summed E-state index contributed by atoms with van der Waals surface area (Å²) < 4.78 is 26.0. The van der Waals surface area contributed by atoms with Crippen LogP contribution in [-0.2, 0) is 24.3 Å². The number of nitrogens with zero attached hydrogens (tertiary/aromatic N) is 7. The second-order valence-corrected chi connectivity index (χ2v) is 12.9. The zero-order chi connectivity index (χ0) is 33.0. The van der Waals surface area contributed by atoms with Crippen LogP contribution in [0.4, 0.5) is 20.7 Å². The molecule has 1 aromatic heterocycles. The number of ether oxygens (including phenoxy) is 2. The van der Waals surface area contributed by atoms with Gasteiger partial charge in [-0.1, -0.05) is 66.7 Å². The summed E-state index contributed by atoms with van der Waals surface area (Å²) >= 11 is 0. The number of aromatic nitrogens is 2. The number of likely N-dealkylation sites (tertiary alicyclic amines) is 1. The van der Waals surface area contributed by atoms with Crippen LogP contribution in [0.1, 0.15) is 29.7 Å². The zero-order valence-electron chi connectivity index (χ0n) is 27.2. The Labute approximate surface area is 280 Å². The van der Waals surface area contributed by atoms with Gasteiger partial charge >= 0.3 is 12.1 Å². The molecule has 7 rings (SSSR count). The van der Waals surface area contributed by atoms with E-state index in [-0.39, 0.29) is 31.1 Å². The van der Waals surface area contributed by atoms with E-state index in [1.165, 1.54) is 10.8 Å². The van der Waals surface area contributed by atoms with Gasteiger partial charge in [-0.2, -0.15) is 15.2 Å². The number of carbonyl (C=O) groups excluding carboxylic acids is 1. The molecule has 10 nitrogen and oxygen atoms in total. The van der Waals surface area contributed by atoms with Gasteiger partial charge in [0.1, 0.15) is 25.2 Å². The van der Waals surface area contributed by atoms with Crippen LogP contribution >= 0.6 is 0 Å². The molecule has 48 heavy (non-hydrogen) atoms. The lowest BCUT2D eigenvalue weighted by Gasteiger charge is -2.42.